The molecule has 0 bridgehead atoms. The predicted molar refractivity (Wildman–Crippen MR) is 80.2 cm³/mol. The van der Waals surface area contributed by atoms with E-state index in [-0.39, 0.29) is 6.10 Å². The number of nitrogens with zero attached hydrogens (tertiary/aromatic N) is 3. The second kappa shape index (κ2) is 5.79. The van der Waals surface area contributed by atoms with Gasteiger partial charge in [-0.3, -0.25) is 0 Å². The van der Waals surface area contributed by atoms with Crippen LogP contribution in [0.2, 0.25) is 0 Å². The SMILES string of the molecule is Cc1ccc(C(O)c2cn(CC3COC(C)(C)O3)nn2)cc1. The molecule has 22 heavy (non-hydrogen) atoms. The molecule has 2 heterocycles. The molecule has 2 unspecified atom stereocenters. The number of rotatable bonds is 4. The number of aryl methyl sites for hydroxylation is 1. The van der Waals surface area contributed by atoms with E-state index in [4.69, 9.17) is 9.47 Å². The Morgan fingerprint density at radius 1 is 1.36 bits per heavy atom. The van der Waals surface area contributed by atoms with Crippen molar-refractivity contribution in [1.82, 2.24) is 15.0 Å². The molecule has 2 atom stereocenters. The molecule has 1 aliphatic rings. The molecule has 0 saturated carbocycles. The van der Waals surface area contributed by atoms with Gasteiger partial charge < -0.3 is 14.6 Å². The lowest BCUT2D eigenvalue weighted by molar-refractivity contribution is -0.139. The number of hydrogen-bond donors (Lipinski definition) is 1. The monoisotopic (exact) mass is 303 g/mol. The molecule has 2 aromatic rings. The van der Waals surface area contributed by atoms with Gasteiger partial charge in [0.2, 0.25) is 0 Å². The maximum atomic E-state index is 10.4. The van der Waals surface area contributed by atoms with E-state index < -0.39 is 11.9 Å². The molecular weight excluding hydrogens is 282 g/mol. The zero-order chi connectivity index (χ0) is 15.7. The quantitative estimate of drug-likeness (QED) is 0.933. The van der Waals surface area contributed by atoms with E-state index >= 15 is 0 Å². The topological polar surface area (TPSA) is 69.4 Å². The van der Waals surface area contributed by atoms with Gasteiger partial charge in [-0.05, 0) is 26.3 Å². The minimum atomic E-state index is -0.772. The summed E-state index contributed by atoms with van der Waals surface area (Å²) in [4.78, 5) is 0. The molecule has 1 fully saturated rings. The van der Waals surface area contributed by atoms with Gasteiger partial charge >= 0.3 is 0 Å². The number of aliphatic hydroxyl groups excluding tert-OH is 1. The van der Waals surface area contributed by atoms with Crippen molar-refractivity contribution in [1.29, 1.82) is 0 Å². The summed E-state index contributed by atoms with van der Waals surface area (Å²) >= 11 is 0. The average molecular weight is 303 g/mol. The molecule has 0 spiro atoms. The Kier molecular flexibility index (Phi) is 3.99. The highest BCUT2D eigenvalue weighted by Gasteiger charge is 2.33. The lowest BCUT2D eigenvalue weighted by atomic mass is 10.1. The van der Waals surface area contributed by atoms with Gasteiger partial charge in [0.05, 0.1) is 19.3 Å². The summed E-state index contributed by atoms with van der Waals surface area (Å²) in [6.45, 7) is 6.87. The van der Waals surface area contributed by atoms with Crippen molar-refractivity contribution >= 4 is 0 Å². The summed E-state index contributed by atoms with van der Waals surface area (Å²) in [6, 6.07) is 7.73. The zero-order valence-corrected chi connectivity index (χ0v) is 13.1. The Hall–Kier alpha value is -1.76. The number of aromatic nitrogens is 3. The Morgan fingerprint density at radius 3 is 2.73 bits per heavy atom. The Balaban J connectivity index is 1.67. The number of aliphatic hydroxyl groups is 1. The second-order valence-corrected chi connectivity index (χ2v) is 6.13. The number of hydrogen-bond acceptors (Lipinski definition) is 5. The molecule has 0 aliphatic carbocycles. The molecule has 3 rings (SSSR count). The van der Waals surface area contributed by atoms with Crippen LogP contribution in [0, 0.1) is 6.92 Å². The van der Waals surface area contributed by atoms with Crippen LogP contribution in [-0.2, 0) is 16.0 Å². The maximum Gasteiger partial charge on any atom is 0.163 e. The molecular formula is C16H21N3O3. The fraction of sp³-hybridized carbons (Fsp3) is 0.500. The number of ether oxygens (including phenoxy) is 2. The van der Waals surface area contributed by atoms with Gasteiger partial charge in [-0.1, -0.05) is 35.0 Å². The van der Waals surface area contributed by atoms with Crippen LogP contribution in [0.4, 0.5) is 0 Å². The van der Waals surface area contributed by atoms with E-state index in [1.165, 1.54) is 0 Å². The van der Waals surface area contributed by atoms with Crippen LogP contribution in [0.15, 0.2) is 30.5 Å². The van der Waals surface area contributed by atoms with Crippen molar-refractivity contribution in [2.24, 2.45) is 0 Å². The molecule has 1 saturated heterocycles. The van der Waals surface area contributed by atoms with Crippen molar-refractivity contribution in [3.8, 4) is 0 Å². The molecule has 0 radical (unpaired) electrons. The first-order chi connectivity index (χ1) is 10.4. The van der Waals surface area contributed by atoms with E-state index in [2.05, 4.69) is 10.3 Å². The second-order valence-electron chi connectivity index (χ2n) is 6.13. The fourth-order valence-corrected chi connectivity index (χ4v) is 2.51. The highest BCUT2D eigenvalue weighted by atomic mass is 16.7. The van der Waals surface area contributed by atoms with Gasteiger partial charge in [0.15, 0.2) is 5.79 Å². The van der Waals surface area contributed by atoms with E-state index in [0.29, 0.717) is 18.8 Å². The van der Waals surface area contributed by atoms with Crippen molar-refractivity contribution in [3.05, 3.63) is 47.3 Å². The lowest BCUT2D eigenvalue weighted by Gasteiger charge is -2.16. The van der Waals surface area contributed by atoms with Crippen LogP contribution in [0.5, 0.6) is 0 Å². The Bertz CT molecular complexity index is 636. The predicted octanol–water partition coefficient (Wildman–Crippen LogP) is 1.82. The van der Waals surface area contributed by atoms with Crippen molar-refractivity contribution in [2.45, 2.75) is 45.3 Å². The van der Waals surface area contributed by atoms with Crippen LogP contribution in [-0.4, -0.2) is 38.6 Å². The van der Waals surface area contributed by atoms with Gasteiger partial charge in [0.25, 0.3) is 0 Å². The molecule has 1 N–H and O–H groups in total. The third kappa shape index (κ3) is 3.35. The summed E-state index contributed by atoms with van der Waals surface area (Å²) < 4.78 is 13.0. The van der Waals surface area contributed by atoms with Crippen LogP contribution < -0.4 is 0 Å². The van der Waals surface area contributed by atoms with E-state index in [0.717, 1.165) is 11.1 Å². The van der Waals surface area contributed by atoms with Crippen molar-refractivity contribution in [2.75, 3.05) is 6.61 Å². The van der Waals surface area contributed by atoms with Crippen molar-refractivity contribution < 1.29 is 14.6 Å². The van der Waals surface area contributed by atoms with Gasteiger partial charge in [-0.25, -0.2) is 4.68 Å². The van der Waals surface area contributed by atoms with Crippen molar-refractivity contribution in [3.63, 3.8) is 0 Å². The third-order valence-corrected chi connectivity index (χ3v) is 3.69. The molecule has 1 aromatic heterocycles. The summed E-state index contributed by atoms with van der Waals surface area (Å²) in [6.07, 6.45) is 0.923. The summed E-state index contributed by atoms with van der Waals surface area (Å²) in [5.41, 5.74) is 2.49. The number of benzene rings is 1. The first-order valence-corrected chi connectivity index (χ1v) is 7.39. The molecule has 0 amide bonds. The van der Waals surface area contributed by atoms with Gasteiger partial charge in [0.1, 0.15) is 17.9 Å². The summed E-state index contributed by atoms with van der Waals surface area (Å²) in [5, 5.41) is 18.5. The van der Waals surface area contributed by atoms with Crippen LogP contribution >= 0.6 is 0 Å². The standard InChI is InChI=1S/C16H21N3O3/c1-11-4-6-12(7-5-11)15(20)14-9-19(18-17-14)8-13-10-21-16(2,3)22-13/h4-7,9,13,15,20H,8,10H2,1-3H3. The van der Waals surface area contributed by atoms with E-state index in [9.17, 15) is 5.11 Å². The third-order valence-electron chi connectivity index (χ3n) is 3.69. The van der Waals surface area contributed by atoms with Gasteiger partial charge in [-0.15, -0.1) is 5.10 Å². The normalized spacial score (nSPS) is 21.9. The van der Waals surface area contributed by atoms with Gasteiger partial charge in [0, 0.05) is 0 Å². The van der Waals surface area contributed by atoms with E-state index in [1.54, 1.807) is 10.9 Å². The first kappa shape index (κ1) is 15.1. The zero-order valence-electron chi connectivity index (χ0n) is 13.1. The Morgan fingerprint density at radius 2 is 2.09 bits per heavy atom. The molecule has 6 heteroatoms. The average Bonchev–Trinajstić information content (AvgIpc) is 3.06. The highest BCUT2D eigenvalue weighted by molar-refractivity contribution is 5.27. The molecule has 6 nitrogen and oxygen atoms in total. The first-order valence-electron chi connectivity index (χ1n) is 7.39. The largest absolute Gasteiger partial charge is 0.382 e. The fourth-order valence-electron chi connectivity index (χ4n) is 2.51. The van der Waals surface area contributed by atoms with Crippen LogP contribution in [0.25, 0.3) is 0 Å². The Labute approximate surface area is 129 Å². The lowest BCUT2D eigenvalue weighted by Crippen LogP contribution is -2.24. The molecule has 1 aromatic carbocycles. The molecule has 118 valence electrons. The minimum Gasteiger partial charge on any atom is -0.382 e. The van der Waals surface area contributed by atoms with Crippen LogP contribution in [0.1, 0.15) is 36.8 Å². The minimum absolute atomic E-state index is 0.0546. The summed E-state index contributed by atoms with van der Waals surface area (Å²) in [7, 11) is 0. The van der Waals surface area contributed by atoms with Crippen LogP contribution in [0.3, 0.4) is 0 Å². The maximum absolute atomic E-state index is 10.4. The van der Waals surface area contributed by atoms with E-state index in [1.807, 2.05) is 45.0 Å². The molecule has 1 aliphatic heterocycles. The van der Waals surface area contributed by atoms with Gasteiger partial charge in [-0.2, -0.15) is 0 Å². The summed E-state index contributed by atoms with van der Waals surface area (Å²) in [5.74, 6) is -0.546. The smallest absolute Gasteiger partial charge is 0.163 e. The highest BCUT2D eigenvalue weighted by Crippen LogP contribution is 2.24.